The molecule has 1 aliphatic rings. The fourth-order valence-corrected chi connectivity index (χ4v) is 2.46. The third kappa shape index (κ3) is 3.11. The monoisotopic (exact) mass is 291 g/mol. The van der Waals surface area contributed by atoms with Crippen molar-refractivity contribution in [1.82, 2.24) is 5.32 Å². The van der Waals surface area contributed by atoms with Gasteiger partial charge in [-0.3, -0.25) is 0 Å². The molecule has 0 saturated carbocycles. The summed E-state index contributed by atoms with van der Waals surface area (Å²) in [5.41, 5.74) is 1.47. The molecular weight excluding hydrogens is 279 g/mol. The fraction of sp³-hybridized carbons (Fsp3) is 0.385. The van der Waals surface area contributed by atoms with E-state index in [1.807, 2.05) is 0 Å². The SMILES string of the molecule is OCC1=C(c2ccc(C(F)(F)F)c(Cl)c2)CCNC1. The minimum Gasteiger partial charge on any atom is -0.392 e. The molecule has 0 fully saturated rings. The number of halogens is 4. The van der Waals surface area contributed by atoms with Crippen LogP contribution in [0.25, 0.3) is 5.57 Å². The number of aliphatic hydroxyl groups excluding tert-OH is 1. The number of hydrogen-bond donors (Lipinski definition) is 2. The van der Waals surface area contributed by atoms with E-state index in [1.54, 1.807) is 0 Å². The molecule has 6 heteroatoms. The largest absolute Gasteiger partial charge is 0.417 e. The molecule has 0 radical (unpaired) electrons. The van der Waals surface area contributed by atoms with Gasteiger partial charge in [-0.25, -0.2) is 0 Å². The van der Waals surface area contributed by atoms with Gasteiger partial charge in [0.1, 0.15) is 0 Å². The molecule has 2 nitrogen and oxygen atoms in total. The van der Waals surface area contributed by atoms with Crippen molar-refractivity contribution in [3.05, 3.63) is 39.9 Å². The van der Waals surface area contributed by atoms with Gasteiger partial charge in [-0.2, -0.15) is 13.2 Å². The molecule has 0 saturated heterocycles. The Balaban J connectivity index is 2.42. The van der Waals surface area contributed by atoms with Crippen LogP contribution in [0.1, 0.15) is 17.5 Å². The third-order valence-corrected chi connectivity index (χ3v) is 3.44. The van der Waals surface area contributed by atoms with E-state index in [0.29, 0.717) is 18.5 Å². The predicted octanol–water partition coefficient (Wildman–Crippen LogP) is 3.10. The molecule has 1 aromatic rings. The molecule has 0 unspecified atom stereocenters. The molecule has 1 aliphatic heterocycles. The van der Waals surface area contributed by atoms with Gasteiger partial charge < -0.3 is 10.4 Å². The van der Waals surface area contributed by atoms with E-state index in [9.17, 15) is 18.3 Å². The second-order valence-electron chi connectivity index (χ2n) is 4.36. The van der Waals surface area contributed by atoms with Gasteiger partial charge in [0.2, 0.25) is 0 Å². The van der Waals surface area contributed by atoms with Crippen LogP contribution < -0.4 is 5.32 Å². The van der Waals surface area contributed by atoms with Crippen LogP contribution in [0, 0.1) is 0 Å². The van der Waals surface area contributed by atoms with Crippen molar-refractivity contribution >= 4 is 17.2 Å². The summed E-state index contributed by atoms with van der Waals surface area (Å²) in [5.74, 6) is 0. The minimum absolute atomic E-state index is 0.110. The Morgan fingerprint density at radius 1 is 1.32 bits per heavy atom. The molecule has 2 N–H and O–H groups in total. The summed E-state index contributed by atoms with van der Waals surface area (Å²) >= 11 is 5.70. The summed E-state index contributed by atoms with van der Waals surface area (Å²) in [5, 5.41) is 12.1. The Labute approximate surface area is 113 Å². The first kappa shape index (κ1) is 14.4. The second kappa shape index (κ2) is 5.53. The molecule has 0 spiro atoms. The lowest BCUT2D eigenvalue weighted by Gasteiger charge is -2.21. The maximum Gasteiger partial charge on any atom is 0.417 e. The van der Waals surface area contributed by atoms with E-state index in [-0.39, 0.29) is 11.6 Å². The number of rotatable bonds is 2. The molecule has 2 rings (SSSR count). The van der Waals surface area contributed by atoms with Crippen molar-refractivity contribution in [1.29, 1.82) is 0 Å². The van der Waals surface area contributed by atoms with Gasteiger partial charge in [0.05, 0.1) is 17.2 Å². The lowest BCUT2D eigenvalue weighted by molar-refractivity contribution is -0.137. The van der Waals surface area contributed by atoms with Crippen LogP contribution in [0.15, 0.2) is 23.8 Å². The highest BCUT2D eigenvalue weighted by Crippen LogP contribution is 2.37. The highest BCUT2D eigenvalue weighted by atomic mass is 35.5. The van der Waals surface area contributed by atoms with Crippen LogP contribution in [0.3, 0.4) is 0 Å². The van der Waals surface area contributed by atoms with Crippen molar-refractivity contribution in [3.8, 4) is 0 Å². The maximum absolute atomic E-state index is 12.6. The lowest BCUT2D eigenvalue weighted by atomic mass is 9.94. The smallest absolute Gasteiger partial charge is 0.392 e. The first-order valence-electron chi connectivity index (χ1n) is 5.83. The molecule has 0 bridgehead atoms. The van der Waals surface area contributed by atoms with E-state index >= 15 is 0 Å². The summed E-state index contributed by atoms with van der Waals surface area (Å²) in [7, 11) is 0. The summed E-state index contributed by atoms with van der Waals surface area (Å²) < 4.78 is 37.9. The quantitative estimate of drug-likeness (QED) is 0.877. The molecule has 19 heavy (non-hydrogen) atoms. The molecule has 0 aliphatic carbocycles. The van der Waals surface area contributed by atoms with Crippen LogP contribution in [-0.4, -0.2) is 24.8 Å². The van der Waals surface area contributed by atoms with Gasteiger partial charge >= 0.3 is 6.18 Å². The van der Waals surface area contributed by atoms with E-state index in [1.165, 1.54) is 12.1 Å². The lowest BCUT2D eigenvalue weighted by Crippen LogP contribution is -2.26. The van der Waals surface area contributed by atoms with Gasteiger partial charge in [-0.05, 0) is 41.8 Å². The molecule has 104 valence electrons. The van der Waals surface area contributed by atoms with Gasteiger partial charge in [0.15, 0.2) is 0 Å². The Bertz CT molecular complexity index is 511. The predicted molar refractivity (Wildman–Crippen MR) is 67.9 cm³/mol. The third-order valence-electron chi connectivity index (χ3n) is 3.13. The molecule has 1 heterocycles. The minimum atomic E-state index is -4.45. The fourth-order valence-electron chi connectivity index (χ4n) is 2.17. The average molecular weight is 292 g/mol. The number of nitrogens with one attached hydrogen (secondary N) is 1. The summed E-state index contributed by atoms with van der Waals surface area (Å²) in [6, 6.07) is 3.72. The second-order valence-corrected chi connectivity index (χ2v) is 4.77. The number of benzene rings is 1. The first-order valence-corrected chi connectivity index (χ1v) is 6.21. The molecule has 0 atom stereocenters. The zero-order chi connectivity index (χ0) is 14.0. The Hall–Kier alpha value is -1.04. The van der Waals surface area contributed by atoms with Crippen LogP contribution in [0.4, 0.5) is 13.2 Å². The Kier molecular flexibility index (Phi) is 4.18. The van der Waals surface area contributed by atoms with Crippen LogP contribution in [0.2, 0.25) is 5.02 Å². The van der Waals surface area contributed by atoms with Crippen molar-refractivity contribution in [3.63, 3.8) is 0 Å². The van der Waals surface area contributed by atoms with Gasteiger partial charge in [-0.1, -0.05) is 17.7 Å². The Morgan fingerprint density at radius 3 is 2.63 bits per heavy atom. The standard InChI is InChI=1S/C13H13ClF3NO/c14-12-5-8(1-2-11(12)13(15,16)17)10-3-4-18-6-9(10)7-19/h1-2,5,18-19H,3-4,6-7H2. The first-order chi connectivity index (χ1) is 8.93. The zero-order valence-corrected chi connectivity index (χ0v) is 10.8. The molecular formula is C13H13ClF3NO. The van der Waals surface area contributed by atoms with Crippen LogP contribution in [-0.2, 0) is 6.18 Å². The van der Waals surface area contributed by atoms with Crippen molar-refractivity contribution in [2.75, 3.05) is 19.7 Å². The normalized spacial score (nSPS) is 16.9. The van der Waals surface area contributed by atoms with Crippen LogP contribution >= 0.6 is 11.6 Å². The van der Waals surface area contributed by atoms with Crippen LogP contribution in [0.5, 0.6) is 0 Å². The highest BCUT2D eigenvalue weighted by Gasteiger charge is 2.33. The van der Waals surface area contributed by atoms with E-state index in [2.05, 4.69) is 5.32 Å². The van der Waals surface area contributed by atoms with Crippen molar-refractivity contribution in [2.45, 2.75) is 12.6 Å². The summed E-state index contributed by atoms with van der Waals surface area (Å²) in [4.78, 5) is 0. The number of hydrogen-bond acceptors (Lipinski definition) is 2. The van der Waals surface area contributed by atoms with Gasteiger partial charge in [0.25, 0.3) is 0 Å². The average Bonchev–Trinajstić information content (AvgIpc) is 2.37. The Morgan fingerprint density at radius 2 is 2.05 bits per heavy atom. The molecule has 1 aromatic carbocycles. The maximum atomic E-state index is 12.6. The number of aliphatic hydroxyl groups is 1. The topological polar surface area (TPSA) is 32.3 Å². The summed E-state index contributed by atoms with van der Waals surface area (Å²) in [6.07, 6.45) is -3.78. The summed E-state index contributed by atoms with van der Waals surface area (Å²) in [6.45, 7) is 1.17. The van der Waals surface area contributed by atoms with E-state index in [4.69, 9.17) is 11.6 Å². The zero-order valence-electron chi connectivity index (χ0n) is 10.0. The van der Waals surface area contributed by atoms with Crippen molar-refractivity contribution < 1.29 is 18.3 Å². The highest BCUT2D eigenvalue weighted by molar-refractivity contribution is 6.31. The molecule has 0 amide bonds. The van der Waals surface area contributed by atoms with Gasteiger partial charge in [0, 0.05) is 6.54 Å². The van der Waals surface area contributed by atoms with E-state index < -0.39 is 11.7 Å². The van der Waals surface area contributed by atoms with Crippen molar-refractivity contribution in [2.24, 2.45) is 0 Å². The molecule has 0 aromatic heterocycles. The van der Waals surface area contributed by atoms with E-state index in [0.717, 1.165) is 23.8 Å². The number of alkyl halides is 3. The van der Waals surface area contributed by atoms with Gasteiger partial charge in [-0.15, -0.1) is 0 Å².